The number of hydrogen-bond acceptors (Lipinski definition) is 4. The molecule has 0 fully saturated rings. The first-order chi connectivity index (χ1) is 8.08. The zero-order valence-corrected chi connectivity index (χ0v) is 10.3. The molecule has 0 unspecified atom stereocenters. The van der Waals surface area contributed by atoms with Gasteiger partial charge >= 0.3 is 5.97 Å². The predicted molar refractivity (Wildman–Crippen MR) is 67.0 cm³/mol. The van der Waals surface area contributed by atoms with E-state index in [9.17, 15) is 9.59 Å². The molecule has 0 heterocycles. The number of thioether (sulfide) groups is 1. The van der Waals surface area contributed by atoms with Gasteiger partial charge in [0.2, 0.25) is 5.91 Å². The minimum atomic E-state index is -1.05. The molecule has 0 aliphatic rings. The highest BCUT2D eigenvalue weighted by Gasteiger charge is 2.11. The summed E-state index contributed by atoms with van der Waals surface area (Å²) in [6, 6.07) is 4.31. The normalized spacial score (nSPS) is 9.76. The Balaban J connectivity index is 2.97. The quantitative estimate of drug-likeness (QED) is 0.837. The maximum Gasteiger partial charge on any atom is 0.335 e. The number of methoxy groups -OCH3 is 1. The van der Waals surface area contributed by atoms with Crippen LogP contribution in [0.5, 0.6) is 5.75 Å². The summed E-state index contributed by atoms with van der Waals surface area (Å²) in [5, 5.41) is 11.5. The van der Waals surface area contributed by atoms with E-state index in [4.69, 9.17) is 9.84 Å². The molecule has 1 rings (SSSR count). The average Bonchev–Trinajstić information content (AvgIpc) is 2.29. The molecule has 0 saturated heterocycles. The van der Waals surface area contributed by atoms with Gasteiger partial charge in [-0.05, 0) is 24.5 Å². The monoisotopic (exact) mass is 255 g/mol. The Morgan fingerprint density at radius 2 is 2.18 bits per heavy atom. The lowest BCUT2D eigenvalue weighted by Gasteiger charge is -2.10. The van der Waals surface area contributed by atoms with Crippen molar-refractivity contribution in [3.63, 3.8) is 0 Å². The van der Waals surface area contributed by atoms with Crippen LogP contribution < -0.4 is 10.1 Å². The average molecular weight is 255 g/mol. The van der Waals surface area contributed by atoms with E-state index in [0.717, 1.165) is 0 Å². The Morgan fingerprint density at radius 3 is 2.71 bits per heavy atom. The standard InChI is InChI=1S/C11H13NO4S/c1-16-9-4-3-7(11(14)15)5-8(9)12-10(13)6-17-2/h3-5H,6H2,1-2H3,(H,12,13)(H,14,15). The van der Waals surface area contributed by atoms with Crippen molar-refractivity contribution >= 4 is 29.3 Å². The van der Waals surface area contributed by atoms with Crippen LogP contribution in [0.1, 0.15) is 10.4 Å². The van der Waals surface area contributed by atoms with Gasteiger partial charge in [-0.1, -0.05) is 0 Å². The van der Waals surface area contributed by atoms with Gasteiger partial charge in [0.1, 0.15) is 5.75 Å². The van der Waals surface area contributed by atoms with Gasteiger partial charge in [-0.15, -0.1) is 0 Å². The van der Waals surface area contributed by atoms with E-state index in [0.29, 0.717) is 17.2 Å². The minimum absolute atomic E-state index is 0.102. The molecule has 17 heavy (non-hydrogen) atoms. The molecule has 5 nitrogen and oxygen atoms in total. The van der Waals surface area contributed by atoms with Gasteiger partial charge in [-0.2, -0.15) is 11.8 Å². The number of ether oxygens (including phenoxy) is 1. The smallest absolute Gasteiger partial charge is 0.335 e. The number of rotatable bonds is 5. The zero-order valence-electron chi connectivity index (χ0n) is 9.52. The van der Waals surface area contributed by atoms with Crippen LogP contribution in [0.3, 0.4) is 0 Å². The van der Waals surface area contributed by atoms with Crippen molar-refractivity contribution in [2.75, 3.05) is 24.4 Å². The lowest BCUT2D eigenvalue weighted by molar-refractivity contribution is -0.113. The van der Waals surface area contributed by atoms with Gasteiger partial charge in [0.15, 0.2) is 0 Å². The van der Waals surface area contributed by atoms with Crippen LogP contribution in [0.15, 0.2) is 18.2 Å². The zero-order chi connectivity index (χ0) is 12.8. The first-order valence-electron chi connectivity index (χ1n) is 4.78. The number of hydrogen-bond donors (Lipinski definition) is 2. The van der Waals surface area contributed by atoms with Crippen LogP contribution in [-0.2, 0) is 4.79 Å². The second kappa shape index (κ2) is 6.15. The van der Waals surface area contributed by atoms with Crippen molar-refractivity contribution < 1.29 is 19.4 Å². The lowest BCUT2D eigenvalue weighted by Crippen LogP contribution is -2.15. The van der Waals surface area contributed by atoms with E-state index < -0.39 is 5.97 Å². The largest absolute Gasteiger partial charge is 0.495 e. The molecule has 92 valence electrons. The van der Waals surface area contributed by atoms with Gasteiger partial charge < -0.3 is 15.2 Å². The molecule has 1 amide bonds. The number of carboxylic acid groups (broad SMARTS) is 1. The number of carboxylic acids is 1. The van der Waals surface area contributed by atoms with Crippen molar-refractivity contribution in [1.29, 1.82) is 0 Å². The second-order valence-electron chi connectivity index (χ2n) is 3.20. The fraction of sp³-hybridized carbons (Fsp3) is 0.273. The van der Waals surface area contributed by atoms with Crippen LogP contribution in [0, 0.1) is 0 Å². The summed E-state index contributed by atoms with van der Waals surface area (Å²) < 4.78 is 5.04. The van der Waals surface area contributed by atoms with Crippen LogP contribution >= 0.6 is 11.8 Å². The Bertz CT molecular complexity index is 433. The molecule has 0 atom stereocenters. The molecule has 6 heteroatoms. The number of anilines is 1. The Hall–Kier alpha value is -1.69. The summed E-state index contributed by atoms with van der Waals surface area (Å²) in [5.74, 6) is -0.503. The molecule has 0 aromatic heterocycles. The van der Waals surface area contributed by atoms with Crippen molar-refractivity contribution in [1.82, 2.24) is 0 Å². The van der Waals surface area contributed by atoms with Crippen molar-refractivity contribution in [2.24, 2.45) is 0 Å². The fourth-order valence-corrected chi connectivity index (χ4v) is 1.59. The van der Waals surface area contributed by atoms with E-state index >= 15 is 0 Å². The van der Waals surface area contributed by atoms with Crippen LogP contribution in [0.4, 0.5) is 5.69 Å². The summed E-state index contributed by atoms with van der Waals surface area (Å²) in [4.78, 5) is 22.2. The Kier molecular flexibility index (Phi) is 4.84. The summed E-state index contributed by atoms with van der Waals surface area (Å²) in [6.07, 6.45) is 1.81. The SMILES string of the molecule is COc1ccc(C(=O)O)cc1NC(=O)CSC. The van der Waals surface area contributed by atoms with Gasteiger partial charge in [0.05, 0.1) is 24.1 Å². The number of nitrogens with one attached hydrogen (secondary N) is 1. The van der Waals surface area contributed by atoms with Crippen molar-refractivity contribution in [2.45, 2.75) is 0 Å². The summed E-state index contributed by atoms with van der Waals surface area (Å²) >= 11 is 1.38. The number of carbonyl (C=O) groups is 2. The van der Waals surface area contributed by atoms with Gasteiger partial charge in [0, 0.05) is 0 Å². The number of carbonyl (C=O) groups excluding carboxylic acids is 1. The molecular weight excluding hydrogens is 242 g/mol. The third kappa shape index (κ3) is 3.67. The van der Waals surface area contributed by atoms with Crippen molar-refractivity contribution in [3.05, 3.63) is 23.8 Å². The fourth-order valence-electron chi connectivity index (χ4n) is 1.26. The molecule has 1 aromatic rings. The predicted octanol–water partition coefficient (Wildman–Crippen LogP) is 1.69. The molecule has 0 bridgehead atoms. The van der Waals surface area contributed by atoms with Gasteiger partial charge in [-0.3, -0.25) is 4.79 Å². The second-order valence-corrected chi connectivity index (χ2v) is 4.07. The van der Waals surface area contributed by atoms with E-state index in [-0.39, 0.29) is 11.5 Å². The molecule has 0 aliphatic carbocycles. The molecular formula is C11H13NO4S. The third-order valence-electron chi connectivity index (χ3n) is 2.00. The van der Waals surface area contributed by atoms with Crippen LogP contribution in [0.25, 0.3) is 0 Å². The van der Waals surface area contributed by atoms with Gasteiger partial charge in [0.25, 0.3) is 0 Å². The van der Waals surface area contributed by atoms with Gasteiger partial charge in [-0.25, -0.2) is 4.79 Å². The molecule has 1 aromatic carbocycles. The Morgan fingerprint density at radius 1 is 1.47 bits per heavy atom. The van der Waals surface area contributed by atoms with Crippen molar-refractivity contribution in [3.8, 4) is 5.75 Å². The number of benzene rings is 1. The Labute approximate surface area is 103 Å². The molecule has 0 radical (unpaired) electrons. The maximum absolute atomic E-state index is 11.4. The van der Waals surface area contributed by atoms with Crippen LogP contribution in [-0.4, -0.2) is 36.1 Å². The summed E-state index contributed by atoms with van der Waals surface area (Å²) in [5.41, 5.74) is 0.469. The molecule has 0 aliphatic heterocycles. The van der Waals surface area contributed by atoms with E-state index in [1.807, 2.05) is 6.26 Å². The van der Waals surface area contributed by atoms with E-state index in [1.165, 1.54) is 37.1 Å². The first-order valence-corrected chi connectivity index (χ1v) is 6.18. The topological polar surface area (TPSA) is 75.6 Å². The minimum Gasteiger partial charge on any atom is -0.495 e. The molecule has 0 spiro atoms. The summed E-state index contributed by atoms with van der Waals surface area (Å²) in [7, 11) is 1.46. The molecule has 2 N–H and O–H groups in total. The van der Waals surface area contributed by atoms with Crippen LogP contribution in [0.2, 0.25) is 0 Å². The highest BCUT2D eigenvalue weighted by Crippen LogP contribution is 2.25. The highest BCUT2D eigenvalue weighted by molar-refractivity contribution is 7.99. The lowest BCUT2D eigenvalue weighted by atomic mass is 10.2. The number of amides is 1. The molecule has 0 saturated carbocycles. The first kappa shape index (κ1) is 13.4. The number of aromatic carboxylic acids is 1. The summed E-state index contributed by atoms with van der Waals surface area (Å²) in [6.45, 7) is 0. The van der Waals surface area contributed by atoms with E-state index in [2.05, 4.69) is 5.32 Å². The maximum atomic E-state index is 11.4. The third-order valence-corrected chi connectivity index (χ3v) is 2.55. The van der Waals surface area contributed by atoms with E-state index in [1.54, 1.807) is 0 Å². The highest BCUT2D eigenvalue weighted by atomic mass is 32.2.